The van der Waals surface area contributed by atoms with E-state index in [2.05, 4.69) is 4.98 Å². The van der Waals surface area contributed by atoms with Crippen LogP contribution in [0.25, 0.3) is 11.1 Å². The van der Waals surface area contributed by atoms with Gasteiger partial charge in [-0.15, -0.1) is 0 Å². The second-order valence-corrected chi connectivity index (χ2v) is 6.78. The molecule has 0 spiro atoms. The van der Waals surface area contributed by atoms with Gasteiger partial charge in [0.05, 0.1) is 19.8 Å². The monoisotopic (exact) mass is 374 g/mol. The molecule has 0 atom stereocenters. The van der Waals surface area contributed by atoms with Gasteiger partial charge in [-0.25, -0.2) is 0 Å². The second-order valence-electron chi connectivity index (χ2n) is 6.78. The number of carbonyl (C=O) groups excluding carboxylic acids is 1. The molecule has 0 bridgehead atoms. The van der Waals surface area contributed by atoms with E-state index >= 15 is 0 Å². The van der Waals surface area contributed by atoms with Crippen LogP contribution in [0, 0.1) is 0 Å². The van der Waals surface area contributed by atoms with Crippen LogP contribution in [0.3, 0.4) is 0 Å². The minimum absolute atomic E-state index is 0.00860. The molecule has 0 aliphatic carbocycles. The normalized spacial score (nSPS) is 13.0. The lowest BCUT2D eigenvalue weighted by Gasteiger charge is -2.29. The van der Waals surface area contributed by atoms with Crippen LogP contribution in [0.4, 0.5) is 0 Å². The summed E-state index contributed by atoms with van der Waals surface area (Å²) in [5.74, 6) is 1.40. The lowest BCUT2D eigenvalue weighted by molar-refractivity contribution is 0.0734. The van der Waals surface area contributed by atoms with E-state index in [1.54, 1.807) is 26.6 Å². The van der Waals surface area contributed by atoms with Gasteiger partial charge >= 0.3 is 0 Å². The predicted molar refractivity (Wildman–Crippen MR) is 108 cm³/mol. The molecule has 5 heteroatoms. The molecule has 0 fully saturated rings. The van der Waals surface area contributed by atoms with Gasteiger partial charge in [0.2, 0.25) is 0 Å². The first kappa shape index (κ1) is 18.0. The summed E-state index contributed by atoms with van der Waals surface area (Å²) >= 11 is 0. The number of aromatic nitrogens is 1. The van der Waals surface area contributed by atoms with Crippen LogP contribution in [0.2, 0.25) is 0 Å². The van der Waals surface area contributed by atoms with Crippen molar-refractivity contribution >= 4 is 5.91 Å². The fraction of sp³-hybridized carbons (Fsp3) is 0.217. The van der Waals surface area contributed by atoms with Crippen molar-refractivity contribution in [1.82, 2.24) is 9.88 Å². The number of fused-ring (bicyclic) bond motifs is 1. The molecule has 1 aliphatic rings. The summed E-state index contributed by atoms with van der Waals surface area (Å²) < 4.78 is 10.8. The molecule has 2 heterocycles. The number of amides is 1. The summed E-state index contributed by atoms with van der Waals surface area (Å²) in [5, 5.41) is 0. The molecule has 28 heavy (non-hydrogen) atoms. The summed E-state index contributed by atoms with van der Waals surface area (Å²) in [5.41, 5.74) is 4.87. The molecule has 0 saturated carbocycles. The maximum atomic E-state index is 13.1. The molecule has 142 valence electrons. The molecule has 0 unspecified atom stereocenters. The highest BCUT2D eigenvalue weighted by molar-refractivity contribution is 5.95. The Morgan fingerprint density at radius 3 is 2.36 bits per heavy atom. The zero-order valence-corrected chi connectivity index (χ0v) is 16.0. The molecule has 1 amide bonds. The lowest BCUT2D eigenvalue weighted by Crippen LogP contribution is -2.36. The van der Waals surface area contributed by atoms with E-state index in [4.69, 9.17) is 9.47 Å². The minimum Gasteiger partial charge on any atom is -0.493 e. The zero-order chi connectivity index (χ0) is 19.5. The first-order valence-corrected chi connectivity index (χ1v) is 9.23. The number of hydrogen-bond acceptors (Lipinski definition) is 4. The third-order valence-corrected chi connectivity index (χ3v) is 5.10. The zero-order valence-electron chi connectivity index (χ0n) is 16.0. The van der Waals surface area contributed by atoms with E-state index in [1.165, 1.54) is 5.56 Å². The second kappa shape index (κ2) is 7.72. The summed E-state index contributed by atoms with van der Waals surface area (Å²) in [6.07, 6.45) is 4.21. The van der Waals surface area contributed by atoms with E-state index in [-0.39, 0.29) is 5.91 Å². The number of carbonyl (C=O) groups is 1. The van der Waals surface area contributed by atoms with Gasteiger partial charge in [0, 0.05) is 31.0 Å². The van der Waals surface area contributed by atoms with Crippen LogP contribution >= 0.6 is 0 Å². The van der Waals surface area contributed by atoms with Gasteiger partial charge in [-0.2, -0.15) is 0 Å². The number of nitrogens with zero attached hydrogens (tertiary/aromatic N) is 2. The SMILES string of the molecule is COc1cc2c(cc1OC)CN(C(=O)c1cncc(-c3ccccc3)c1)CC2. The fourth-order valence-corrected chi connectivity index (χ4v) is 3.58. The third-order valence-electron chi connectivity index (χ3n) is 5.10. The molecule has 1 aliphatic heterocycles. The quantitative estimate of drug-likeness (QED) is 0.694. The van der Waals surface area contributed by atoms with Crippen LogP contribution in [-0.2, 0) is 13.0 Å². The van der Waals surface area contributed by atoms with Gasteiger partial charge in [-0.1, -0.05) is 30.3 Å². The van der Waals surface area contributed by atoms with Gasteiger partial charge in [-0.3, -0.25) is 9.78 Å². The largest absolute Gasteiger partial charge is 0.493 e. The molecule has 4 rings (SSSR count). The number of ether oxygens (including phenoxy) is 2. The number of hydrogen-bond donors (Lipinski definition) is 0. The van der Waals surface area contributed by atoms with Crippen molar-refractivity contribution in [2.45, 2.75) is 13.0 Å². The number of rotatable bonds is 4. The van der Waals surface area contributed by atoms with Crippen molar-refractivity contribution in [1.29, 1.82) is 0 Å². The molecular formula is C23H22N2O3. The Bertz CT molecular complexity index is 1000. The van der Waals surface area contributed by atoms with Crippen molar-refractivity contribution in [3.05, 3.63) is 77.6 Å². The van der Waals surface area contributed by atoms with Crippen molar-refractivity contribution in [2.75, 3.05) is 20.8 Å². The van der Waals surface area contributed by atoms with Gasteiger partial charge in [-0.05, 0) is 41.3 Å². The van der Waals surface area contributed by atoms with Crippen LogP contribution in [0.5, 0.6) is 11.5 Å². The van der Waals surface area contributed by atoms with E-state index in [1.807, 2.05) is 53.4 Å². The topological polar surface area (TPSA) is 51.7 Å². The van der Waals surface area contributed by atoms with Gasteiger partial charge < -0.3 is 14.4 Å². The summed E-state index contributed by atoms with van der Waals surface area (Å²) in [4.78, 5) is 19.2. The van der Waals surface area contributed by atoms with Crippen molar-refractivity contribution in [3.63, 3.8) is 0 Å². The van der Waals surface area contributed by atoms with Crippen molar-refractivity contribution in [2.24, 2.45) is 0 Å². The first-order chi connectivity index (χ1) is 13.7. The standard InChI is InChI=1S/C23H22N2O3/c1-27-21-11-17-8-9-25(15-20(17)12-22(21)28-2)23(26)19-10-18(13-24-14-19)16-6-4-3-5-7-16/h3-7,10-14H,8-9,15H2,1-2H3. The molecule has 0 radical (unpaired) electrons. The fourth-order valence-electron chi connectivity index (χ4n) is 3.58. The Kier molecular flexibility index (Phi) is 4.98. The van der Waals surface area contributed by atoms with Gasteiger partial charge in [0.1, 0.15) is 0 Å². The van der Waals surface area contributed by atoms with Crippen LogP contribution < -0.4 is 9.47 Å². The highest BCUT2D eigenvalue weighted by atomic mass is 16.5. The summed E-state index contributed by atoms with van der Waals surface area (Å²) in [6.45, 7) is 1.21. The molecule has 5 nitrogen and oxygen atoms in total. The Morgan fingerprint density at radius 2 is 1.64 bits per heavy atom. The Labute approximate surface area is 164 Å². The Balaban J connectivity index is 1.59. The van der Waals surface area contributed by atoms with E-state index in [0.717, 1.165) is 28.9 Å². The summed E-state index contributed by atoms with van der Waals surface area (Å²) in [7, 11) is 3.26. The maximum absolute atomic E-state index is 13.1. The molecule has 1 aromatic heterocycles. The average Bonchev–Trinajstić information content (AvgIpc) is 2.77. The molecule has 0 N–H and O–H groups in total. The highest BCUT2D eigenvalue weighted by Gasteiger charge is 2.24. The summed E-state index contributed by atoms with van der Waals surface area (Å²) in [6, 6.07) is 15.8. The van der Waals surface area contributed by atoms with Crippen molar-refractivity contribution < 1.29 is 14.3 Å². The average molecular weight is 374 g/mol. The van der Waals surface area contributed by atoms with Gasteiger partial charge in [0.15, 0.2) is 11.5 Å². The smallest absolute Gasteiger partial charge is 0.255 e. The van der Waals surface area contributed by atoms with Crippen LogP contribution in [-0.4, -0.2) is 36.6 Å². The number of methoxy groups -OCH3 is 2. The molecular weight excluding hydrogens is 352 g/mol. The minimum atomic E-state index is -0.00860. The first-order valence-electron chi connectivity index (χ1n) is 9.23. The van der Waals surface area contributed by atoms with E-state index < -0.39 is 0 Å². The lowest BCUT2D eigenvalue weighted by atomic mass is 9.98. The van der Waals surface area contributed by atoms with Gasteiger partial charge in [0.25, 0.3) is 5.91 Å². The molecule has 0 saturated heterocycles. The molecule has 3 aromatic rings. The highest BCUT2D eigenvalue weighted by Crippen LogP contribution is 2.33. The third kappa shape index (κ3) is 3.43. The van der Waals surface area contributed by atoms with Crippen LogP contribution in [0.1, 0.15) is 21.5 Å². The number of benzene rings is 2. The molecule has 2 aromatic carbocycles. The van der Waals surface area contributed by atoms with Crippen LogP contribution in [0.15, 0.2) is 60.9 Å². The van der Waals surface area contributed by atoms with Crippen molar-refractivity contribution in [3.8, 4) is 22.6 Å². The predicted octanol–water partition coefficient (Wildman–Crippen LogP) is 3.96. The Hall–Kier alpha value is -3.34. The number of pyridine rings is 1. The van der Waals surface area contributed by atoms with E-state index in [0.29, 0.717) is 24.4 Å². The maximum Gasteiger partial charge on any atom is 0.255 e. The Morgan fingerprint density at radius 1 is 0.929 bits per heavy atom. The van der Waals surface area contributed by atoms with E-state index in [9.17, 15) is 4.79 Å².